The normalized spacial score (nSPS) is 24.4. The lowest BCUT2D eigenvalue weighted by Crippen LogP contribution is -2.60. The fourth-order valence-corrected chi connectivity index (χ4v) is 3.10. The molecular formula is C17H21F2N3O3. The lowest BCUT2D eigenvalue weighted by atomic mass is 10.1. The summed E-state index contributed by atoms with van der Waals surface area (Å²) in [7, 11) is 0. The van der Waals surface area contributed by atoms with Crippen molar-refractivity contribution in [1.29, 1.82) is 0 Å². The molecular weight excluding hydrogens is 332 g/mol. The van der Waals surface area contributed by atoms with E-state index < -0.39 is 35.3 Å². The number of piperazine rings is 1. The maximum absolute atomic E-state index is 13.5. The van der Waals surface area contributed by atoms with Gasteiger partial charge in [-0.05, 0) is 32.9 Å². The van der Waals surface area contributed by atoms with Crippen LogP contribution in [0.2, 0.25) is 0 Å². The second-order valence-electron chi connectivity index (χ2n) is 7.24. The molecule has 0 aliphatic carbocycles. The second kappa shape index (κ2) is 6.34. The summed E-state index contributed by atoms with van der Waals surface area (Å²) in [6.07, 6.45) is 0. The minimum atomic E-state index is -1.02. The number of nitrogens with zero attached hydrogens (tertiary/aromatic N) is 2. The Labute approximate surface area is 144 Å². The van der Waals surface area contributed by atoms with Gasteiger partial charge >= 0.3 is 5.97 Å². The summed E-state index contributed by atoms with van der Waals surface area (Å²) in [5.74, 6) is -2.66. The van der Waals surface area contributed by atoms with Crippen LogP contribution < -0.4 is 10.2 Å². The van der Waals surface area contributed by atoms with E-state index in [0.29, 0.717) is 13.1 Å². The first-order valence-electron chi connectivity index (χ1n) is 8.13. The Kier molecular flexibility index (Phi) is 4.51. The van der Waals surface area contributed by atoms with Crippen LogP contribution in [0, 0.1) is 11.6 Å². The van der Waals surface area contributed by atoms with E-state index in [1.807, 2.05) is 0 Å². The van der Waals surface area contributed by atoms with E-state index in [9.17, 15) is 18.4 Å². The van der Waals surface area contributed by atoms with Gasteiger partial charge in [-0.25, -0.2) is 8.78 Å². The van der Waals surface area contributed by atoms with Crippen molar-refractivity contribution in [3.63, 3.8) is 0 Å². The van der Waals surface area contributed by atoms with Crippen LogP contribution in [-0.2, 0) is 14.3 Å². The summed E-state index contributed by atoms with van der Waals surface area (Å²) in [4.78, 5) is 28.2. The number of carbonyl (C=O) groups excluding carboxylic acids is 2. The molecule has 0 aromatic heterocycles. The topological polar surface area (TPSA) is 61.9 Å². The van der Waals surface area contributed by atoms with E-state index in [0.717, 1.165) is 12.1 Å². The first-order valence-corrected chi connectivity index (χ1v) is 8.13. The zero-order valence-corrected chi connectivity index (χ0v) is 14.4. The quantitative estimate of drug-likeness (QED) is 0.811. The molecule has 0 radical (unpaired) electrons. The van der Waals surface area contributed by atoms with E-state index in [1.165, 1.54) is 11.0 Å². The fourth-order valence-electron chi connectivity index (χ4n) is 3.10. The highest BCUT2D eigenvalue weighted by atomic mass is 19.2. The molecule has 0 saturated carbocycles. The van der Waals surface area contributed by atoms with Crippen LogP contribution in [0.25, 0.3) is 0 Å². The zero-order chi connectivity index (χ0) is 18.4. The first kappa shape index (κ1) is 17.8. The summed E-state index contributed by atoms with van der Waals surface area (Å²) in [6.45, 7) is 6.22. The molecule has 1 aromatic carbocycles. The largest absolute Gasteiger partial charge is 0.459 e. The van der Waals surface area contributed by atoms with Gasteiger partial charge in [-0.1, -0.05) is 0 Å². The summed E-state index contributed by atoms with van der Waals surface area (Å²) in [5.41, 5.74) is -0.366. The Morgan fingerprint density at radius 2 is 1.96 bits per heavy atom. The molecule has 2 atom stereocenters. The molecule has 1 aromatic rings. The summed E-state index contributed by atoms with van der Waals surface area (Å²) in [5, 5.41) is 3.07. The predicted molar refractivity (Wildman–Crippen MR) is 86.8 cm³/mol. The molecule has 6 nitrogen and oxygen atoms in total. The molecule has 2 aliphatic heterocycles. The number of halogens is 2. The van der Waals surface area contributed by atoms with Gasteiger partial charge in [-0.15, -0.1) is 0 Å². The number of amides is 1. The van der Waals surface area contributed by atoms with Gasteiger partial charge in [0.05, 0.1) is 6.67 Å². The number of fused-ring (bicyclic) bond motifs is 1. The van der Waals surface area contributed by atoms with E-state index in [1.54, 1.807) is 25.7 Å². The van der Waals surface area contributed by atoms with Gasteiger partial charge in [0.1, 0.15) is 17.7 Å². The third kappa shape index (κ3) is 3.50. The van der Waals surface area contributed by atoms with Gasteiger partial charge in [0.15, 0.2) is 11.6 Å². The number of nitrogens with one attached hydrogen (secondary N) is 1. The van der Waals surface area contributed by atoms with Crippen molar-refractivity contribution >= 4 is 17.6 Å². The lowest BCUT2D eigenvalue weighted by molar-refractivity contribution is -0.162. The van der Waals surface area contributed by atoms with Crippen LogP contribution in [0.1, 0.15) is 20.8 Å². The number of carbonyl (C=O) groups is 2. The van der Waals surface area contributed by atoms with E-state index in [2.05, 4.69) is 5.32 Å². The number of anilines is 1. The van der Waals surface area contributed by atoms with Crippen molar-refractivity contribution in [1.82, 2.24) is 10.2 Å². The van der Waals surface area contributed by atoms with Gasteiger partial charge < -0.3 is 10.1 Å². The van der Waals surface area contributed by atoms with Gasteiger partial charge in [0, 0.05) is 24.8 Å². The fraction of sp³-hybridized carbons (Fsp3) is 0.529. The van der Waals surface area contributed by atoms with E-state index >= 15 is 0 Å². The lowest BCUT2D eigenvalue weighted by Gasteiger charge is -2.35. The maximum Gasteiger partial charge on any atom is 0.325 e. The monoisotopic (exact) mass is 353 g/mol. The van der Waals surface area contributed by atoms with E-state index in [-0.39, 0.29) is 18.3 Å². The Hall–Kier alpha value is -2.06. The smallest absolute Gasteiger partial charge is 0.325 e. The minimum absolute atomic E-state index is 0.125. The molecule has 0 spiro atoms. The van der Waals surface area contributed by atoms with Gasteiger partial charge in [-0.2, -0.15) is 0 Å². The molecule has 2 aliphatic rings. The molecule has 136 valence electrons. The maximum atomic E-state index is 13.5. The van der Waals surface area contributed by atoms with Gasteiger partial charge in [-0.3, -0.25) is 19.4 Å². The standard InChI is InChI=1S/C17H21F2N3O3/c1-17(2,3)25-16(24)14-8-20-7-13-15(23)21(9-22(13)14)10-4-5-11(18)12(19)6-10/h4-6,13-14,20H,7-9H2,1-3H3. The molecule has 2 heterocycles. The molecule has 1 N–H and O–H groups in total. The number of ether oxygens (including phenoxy) is 1. The summed E-state index contributed by atoms with van der Waals surface area (Å²) < 4.78 is 32.1. The van der Waals surface area contributed by atoms with Crippen molar-refractivity contribution in [2.45, 2.75) is 38.5 Å². The molecule has 2 fully saturated rings. The van der Waals surface area contributed by atoms with Crippen molar-refractivity contribution in [2.75, 3.05) is 24.7 Å². The van der Waals surface area contributed by atoms with Crippen LogP contribution >= 0.6 is 0 Å². The molecule has 2 unspecified atom stereocenters. The van der Waals surface area contributed by atoms with Crippen LogP contribution in [0.5, 0.6) is 0 Å². The highest BCUT2D eigenvalue weighted by Crippen LogP contribution is 2.28. The molecule has 8 heteroatoms. The van der Waals surface area contributed by atoms with Crippen molar-refractivity contribution in [3.8, 4) is 0 Å². The molecule has 1 amide bonds. The molecule has 0 bridgehead atoms. The van der Waals surface area contributed by atoms with Gasteiger partial charge in [0.2, 0.25) is 5.91 Å². The summed E-state index contributed by atoms with van der Waals surface area (Å²) >= 11 is 0. The predicted octanol–water partition coefficient (Wildman–Crippen LogP) is 1.25. The number of benzene rings is 1. The molecule has 3 rings (SSSR count). The van der Waals surface area contributed by atoms with Crippen LogP contribution in [0.15, 0.2) is 18.2 Å². The molecule has 2 saturated heterocycles. The Balaban J connectivity index is 1.83. The van der Waals surface area contributed by atoms with Crippen molar-refractivity contribution in [2.24, 2.45) is 0 Å². The SMILES string of the molecule is CC(C)(C)OC(=O)C1CNCC2C(=O)N(c3ccc(F)c(F)c3)CN12. The Morgan fingerprint density at radius 3 is 2.60 bits per heavy atom. The highest BCUT2D eigenvalue weighted by Gasteiger charge is 2.47. The Bertz CT molecular complexity index is 705. The average Bonchev–Trinajstić information content (AvgIpc) is 2.85. The third-order valence-corrected chi connectivity index (χ3v) is 4.23. The average molecular weight is 353 g/mol. The number of esters is 1. The number of rotatable bonds is 2. The van der Waals surface area contributed by atoms with Crippen LogP contribution in [0.4, 0.5) is 14.5 Å². The first-order chi connectivity index (χ1) is 11.7. The molecule has 25 heavy (non-hydrogen) atoms. The zero-order valence-electron chi connectivity index (χ0n) is 14.4. The van der Waals surface area contributed by atoms with Crippen LogP contribution in [0.3, 0.4) is 0 Å². The highest BCUT2D eigenvalue weighted by molar-refractivity contribution is 6.00. The minimum Gasteiger partial charge on any atom is -0.459 e. The van der Waals surface area contributed by atoms with Crippen molar-refractivity contribution in [3.05, 3.63) is 29.8 Å². The second-order valence-corrected chi connectivity index (χ2v) is 7.24. The Morgan fingerprint density at radius 1 is 1.24 bits per heavy atom. The van der Waals surface area contributed by atoms with E-state index in [4.69, 9.17) is 4.74 Å². The van der Waals surface area contributed by atoms with Crippen LogP contribution in [-0.4, -0.2) is 54.2 Å². The summed E-state index contributed by atoms with van der Waals surface area (Å²) in [6, 6.07) is 2.17. The number of hydrogen-bond donors (Lipinski definition) is 1. The third-order valence-electron chi connectivity index (χ3n) is 4.23. The van der Waals surface area contributed by atoms with Crippen molar-refractivity contribution < 1.29 is 23.1 Å². The number of hydrogen-bond acceptors (Lipinski definition) is 5. The van der Waals surface area contributed by atoms with Gasteiger partial charge in [0.25, 0.3) is 0 Å².